The van der Waals surface area contributed by atoms with Crippen molar-refractivity contribution in [3.8, 4) is 11.1 Å². The second-order valence-electron chi connectivity index (χ2n) is 4.67. The molecule has 0 radical (unpaired) electrons. The SMILES string of the molecule is Cn1ncc(Br)c1Nc1ccc(-c2ccc(Cl)cc2)cc1. The first-order chi connectivity index (χ1) is 10.1. The Labute approximate surface area is 136 Å². The molecule has 0 aliphatic carbocycles. The van der Waals surface area contributed by atoms with Gasteiger partial charge >= 0.3 is 0 Å². The molecule has 0 bridgehead atoms. The molecular formula is C16H13BrClN3. The standard InChI is InChI=1S/C16H13BrClN3/c1-21-16(15(17)10-19-21)20-14-8-4-12(5-9-14)11-2-6-13(18)7-3-11/h2-10,20H,1H3. The summed E-state index contributed by atoms with van der Waals surface area (Å²) in [6.45, 7) is 0. The van der Waals surface area contributed by atoms with Crippen LogP contribution in [0.1, 0.15) is 0 Å². The van der Waals surface area contributed by atoms with Crippen molar-refractivity contribution in [2.24, 2.45) is 7.05 Å². The summed E-state index contributed by atoms with van der Waals surface area (Å²) in [5.74, 6) is 0.925. The van der Waals surface area contributed by atoms with Gasteiger partial charge in [-0.1, -0.05) is 35.9 Å². The molecule has 0 aliphatic heterocycles. The highest BCUT2D eigenvalue weighted by Crippen LogP contribution is 2.27. The summed E-state index contributed by atoms with van der Waals surface area (Å²) in [5, 5.41) is 8.27. The minimum absolute atomic E-state index is 0.748. The maximum atomic E-state index is 5.91. The fraction of sp³-hybridized carbons (Fsp3) is 0.0625. The molecule has 0 unspecified atom stereocenters. The molecule has 3 aromatic rings. The van der Waals surface area contributed by atoms with Crippen LogP contribution in [0.25, 0.3) is 11.1 Å². The van der Waals surface area contributed by atoms with E-state index in [1.54, 1.807) is 10.9 Å². The van der Waals surface area contributed by atoms with Crippen LogP contribution < -0.4 is 5.32 Å². The summed E-state index contributed by atoms with van der Waals surface area (Å²) in [6.07, 6.45) is 1.77. The van der Waals surface area contributed by atoms with E-state index in [-0.39, 0.29) is 0 Å². The lowest BCUT2D eigenvalue weighted by molar-refractivity contribution is 0.776. The third-order valence-corrected chi connectivity index (χ3v) is 4.05. The van der Waals surface area contributed by atoms with E-state index in [9.17, 15) is 0 Å². The predicted molar refractivity (Wildman–Crippen MR) is 91.1 cm³/mol. The number of aryl methyl sites for hydroxylation is 1. The Morgan fingerprint density at radius 3 is 2.10 bits per heavy atom. The van der Waals surface area contributed by atoms with Gasteiger partial charge in [-0.3, -0.25) is 4.68 Å². The lowest BCUT2D eigenvalue weighted by Crippen LogP contribution is -1.99. The molecule has 0 fully saturated rings. The maximum Gasteiger partial charge on any atom is 0.142 e. The summed E-state index contributed by atoms with van der Waals surface area (Å²) in [7, 11) is 1.90. The minimum Gasteiger partial charge on any atom is -0.340 e. The molecule has 1 aromatic heterocycles. The molecule has 0 spiro atoms. The molecule has 106 valence electrons. The number of rotatable bonds is 3. The molecule has 2 aromatic carbocycles. The molecule has 0 atom stereocenters. The first-order valence-electron chi connectivity index (χ1n) is 6.44. The van der Waals surface area contributed by atoms with Gasteiger partial charge in [-0.25, -0.2) is 0 Å². The summed E-state index contributed by atoms with van der Waals surface area (Å²) < 4.78 is 2.73. The smallest absolute Gasteiger partial charge is 0.142 e. The van der Waals surface area contributed by atoms with Gasteiger partial charge in [-0.2, -0.15) is 5.10 Å². The molecule has 21 heavy (non-hydrogen) atoms. The Balaban J connectivity index is 1.83. The van der Waals surface area contributed by atoms with Crippen LogP contribution in [0.5, 0.6) is 0 Å². The van der Waals surface area contributed by atoms with Crippen LogP contribution in [-0.4, -0.2) is 9.78 Å². The third-order valence-electron chi connectivity index (χ3n) is 3.22. The van der Waals surface area contributed by atoms with Crippen LogP contribution >= 0.6 is 27.5 Å². The molecule has 5 heteroatoms. The lowest BCUT2D eigenvalue weighted by Gasteiger charge is -2.08. The van der Waals surface area contributed by atoms with E-state index >= 15 is 0 Å². The summed E-state index contributed by atoms with van der Waals surface area (Å²) >= 11 is 9.38. The molecule has 1 N–H and O–H groups in total. The van der Waals surface area contributed by atoms with Gasteiger partial charge in [0.15, 0.2) is 0 Å². The van der Waals surface area contributed by atoms with Gasteiger partial charge in [-0.05, 0) is 51.3 Å². The quantitative estimate of drug-likeness (QED) is 0.690. The number of nitrogens with zero attached hydrogens (tertiary/aromatic N) is 2. The average molecular weight is 363 g/mol. The zero-order chi connectivity index (χ0) is 14.8. The Kier molecular flexibility index (Phi) is 3.99. The average Bonchev–Trinajstić information content (AvgIpc) is 2.81. The lowest BCUT2D eigenvalue weighted by atomic mass is 10.1. The van der Waals surface area contributed by atoms with Crippen LogP contribution in [0, 0.1) is 0 Å². The molecule has 0 aliphatic rings. The topological polar surface area (TPSA) is 29.9 Å². The first kappa shape index (κ1) is 14.2. The first-order valence-corrected chi connectivity index (χ1v) is 7.61. The number of halogens is 2. The fourth-order valence-corrected chi connectivity index (χ4v) is 2.65. The number of aromatic nitrogens is 2. The summed E-state index contributed by atoms with van der Waals surface area (Å²) in [4.78, 5) is 0. The second-order valence-corrected chi connectivity index (χ2v) is 5.96. The summed E-state index contributed by atoms with van der Waals surface area (Å²) in [5.41, 5.74) is 3.31. The predicted octanol–water partition coefficient (Wildman–Crippen LogP) is 5.25. The van der Waals surface area contributed by atoms with Gasteiger partial charge in [0.1, 0.15) is 5.82 Å². The van der Waals surface area contributed by atoms with Crippen LogP contribution in [0.15, 0.2) is 59.2 Å². The molecule has 1 heterocycles. The van der Waals surface area contributed by atoms with Gasteiger partial charge in [0.25, 0.3) is 0 Å². The third kappa shape index (κ3) is 3.12. The van der Waals surface area contributed by atoms with Gasteiger partial charge in [0.05, 0.1) is 10.7 Å². The van der Waals surface area contributed by atoms with E-state index in [2.05, 4.69) is 38.5 Å². The van der Waals surface area contributed by atoms with Crippen molar-refractivity contribution in [2.75, 3.05) is 5.32 Å². The second kappa shape index (κ2) is 5.92. The van der Waals surface area contributed by atoms with E-state index in [0.717, 1.165) is 32.1 Å². The Morgan fingerprint density at radius 2 is 1.57 bits per heavy atom. The van der Waals surface area contributed by atoms with Crippen LogP contribution in [0.3, 0.4) is 0 Å². The largest absolute Gasteiger partial charge is 0.340 e. The molecule has 0 saturated heterocycles. The van der Waals surface area contributed by atoms with E-state index in [1.807, 2.05) is 43.4 Å². The summed E-state index contributed by atoms with van der Waals surface area (Å²) in [6, 6.07) is 16.1. The molecular weight excluding hydrogens is 350 g/mol. The van der Waals surface area contributed by atoms with Gasteiger partial charge in [0, 0.05) is 17.8 Å². The monoisotopic (exact) mass is 361 g/mol. The molecule has 0 amide bonds. The van der Waals surface area contributed by atoms with Crippen molar-refractivity contribution in [1.29, 1.82) is 0 Å². The highest BCUT2D eigenvalue weighted by molar-refractivity contribution is 9.10. The van der Waals surface area contributed by atoms with E-state index in [1.165, 1.54) is 0 Å². The Hall–Kier alpha value is -1.78. The Morgan fingerprint density at radius 1 is 1.00 bits per heavy atom. The number of hydrogen-bond donors (Lipinski definition) is 1. The number of hydrogen-bond acceptors (Lipinski definition) is 2. The van der Waals surface area contributed by atoms with E-state index in [0.29, 0.717) is 0 Å². The maximum absolute atomic E-state index is 5.91. The molecule has 3 nitrogen and oxygen atoms in total. The Bertz CT molecular complexity index is 729. The molecule has 3 rings (SSSR count). The van der Waals surface area contributed by atoms with Crippen LogP contribution in [0.2, 0.25) is 5.02 Å². The van der Waals surface area contributed by atoms with Crippen LogP contribution in [-0.2, 0) is 7.05 Å². The van der Waals surface area contributed by atoms with Crippen molar-refractivity contribution in [3.63, 3.8) is 0 Å². The van der Waals surface area contributed by atoms with Crippen molar-refractivity contribution >= 4 is 39.0 Å². The normalized spacial score (nSPS) is 10.6. The highest BCUT2D eigenvalue weighted by Gasteiger charge is 2.06. The van der Waals surface area contributed by atoms with E-state index in [4.69, 9.17) is 11.6 Å². The van der Waals surface area contributed by atoms with Crippen molar-refractivity contribution in [2.45, 2.75) is 0 Å². The minimum atomic E-state index is 0.748. The highest BCUT2D eigenvalue weighted by atomic mass is 79.9. The number of benzene rings is 2. The molecule has 0 saturated carbocycles. The number of anilines is 2. The van der Waals surface area contributed by atoms with Gasteiger partial charge in [-0.15, -0.1) is 0 Å². The van der Waals surface area contributed by atoms with Crippen molar-refractivity contribution in [1.82, 2.24) is 9.78 Å². The van der Waals surface area contributed by atoms with Gasteiger partial charge in [0.2, 0.25) is 0 Å². The van der Waals surface area contributed by atoms with E-state index < -0.39 is 0 Å². The zero-order valence-electron chi connectivity index (χ0n) is 11.3. The zero-order valence-corrected chi connectivity index (χ0v) is 13.7. The fourth-order valence-electron chi connectivity index (χ4n) is 2.08. The van der Waals surface area contributed by atoms with Crippen molar-refractivity contribution < 1.29 is 0 Å². The van der Waals surface area contributed by atoms with Gasteiger partial charge < -0.3 is 5.32 Å². The van der Waals surface area contributed by atoms with Crippen LogP contribution in [0.4, 0.5) is 11.5 Å². The number of nitrogens with one attached hydrogen (secondary N) is 1. The van der Waals surface area contributed by atoms with Crippen molar-refractivity contribution in [3.05, 3.63) is 64.2 Å².